The summed E-state index contributed by atoms with van der Waals surface area (Å²) < 4.78 is 6.56. The fourth-order valence-electron chi connectivity index (χ4n) is 3.62. The summed E-state index contributed by atoms with van der Waals surface area (Å²) in [5.74, 6) is 0. The average Bonchev–Trinajstić information content (AvgIpc) is 2.80. The summed E-state index contributed by atoms with van der Waals surface area (Å²) in [4.78, 5) is 22.4. The molecule has 0 unspecified atom stereocenters. The Kier molecular flexibility index (Phi) is 10.1. The van der Waals surface area contributed by atoms with E-state index in [9.17, 15) is 9.59 Å². The fraction of sp³-hybridized carbons (Fsp3) is 0. The summed E-state index contributed by atoms with van der Waals surface area (Å²) in [5.41, 5.74) is 0. The molecule has 0 aliphatic heterocycles. The van der Waals surface area contributed by atoms with Crippen molar-refractivity contribution in [1.82, 2.24) is 0 Å². The van der Waals surface area contributed by atoms with Crippen LogP contribution in [0.25, 0.3) is 0 Å². The van der Waals surface area contributed by atoms with E-state index in [1.807, 2.05) is 97.1 Å². The van der Waals surface area contributed by atoms with Gasteiger partial charge in [0.15, 0.2) is 0 Å². The van der Waals surface area contributed by atoms with Crippen LogP contribution in [-0.4, -0.2) is 26.7 Å². The second-order valence-electron chi connectivity index (χ2n) is 6.86. The van der Waals surface area contributed by atoms with Crippen molar-refractivity contribution in [1.29, 1.82) is 0 Å². The molecule has 31 heavy (non-hydrogen) atoms. The molecule has 0 aliphatic carbocycles. The van der Waals surface area contributed by atoms with E-state index in [2.05, 4.69) is 0 Å². The van der Waals surface area contributed by atoms with Gasteiger partial charge in [-0.1, -0.05) is 121 Å². The maximum Gasteiger partial charge on any atom is 1.00 e. The molecule has 148 valence electrons. The quantitative estimate of drug-likeness (QED) is 0.225. The van der Waals surface area contributed by atoms with Gasteiger partial charge in [-0.25, -0.2) is 0 Å². The molecular formula is C24H24Na2O3Si2. The topological polar surface area (TPSA) is 49.7 Å². The van der Waals surface area contributed by atoms with Crippen molar-refractivity contribution in [2.45, 2.75) is 0 Å². The molecule has 0 saturated carbocycles. The molecule has 0 amide bonds. The molecule has 4 rings (SSSR count). The van der Waals surface area contributed by atoms with Gasteiger partial charge in [0.2, 0.25) is 0 Å². The van der Waals surface area contributed by atoms with Crippen molar-refractivity contribution in [3.8, 4) is 0 Å². The Hall–Kier alpha value is -0.806. The molecule has 0 saturated heterocycles. The zero-order valence-electron chi connectivity index (χ0n) is 19.8. The normalized spacial score (nSPS) is 11.2. The maximum absolute atomic E-state index is 11.2. The van der Waals surface area contributed by atoms with Crippen molar-refractivity contribution < 1.29 is 75.7 Å². The molecule has 0 aliphatic rings. The molecule has 0 spiro atoms. The van der Waals surface area contributed by atoms with E-state index < -0.39 is 17.1 Å². The summed E-state index contributed by atoms with van der Waals surface area (Å²) in [6.07, 6.45) is 0. The molecule has 0 atom stereocenters. The van der Waals surface area contributed by atoms with Gasteiger partial charge in [0, 0.05) is 5.19 Å². The first kappa shape index (κ1) is 26.4. The van der Waals surface area contributed by atoms with Crippen LogP contribution in [0.3, 0.4) is 0 Å². The van der Waals surface area contributed by atoms with Crippen LogP contribution in [0.15, 0.2) is 121 Å². The number of hydrogen-bond donors (Lipinski definition) is 2. The van der Waals surface area contributed by atoms with Crippen molar-refractivity contribution in [3.63, 3.8) is 0 Å². The van der Waals surface area contributed by atoms with Crippen LogP contribution in [0.2, 0.25) is 0 Å². The molecule has 4 aromatic carbocycles. The Morgan fingerprint density at radius 2 is 0.710 bits per heavy atom. The van der Waals surface area contributed by atoms with Crippen LogP contribution in [0, 0.1) is 0 Å². The minimum Gasteiger partial charge on any atom is -1.00 e. The molecule has 0 bridgehead atoms. The van der Waals surface area contributed by atoms with Crippen LogP contribution in [0.4, 0.5) is 0 Å². The van der Waals surface area contributed by atoms with Crippen LogP contribution < -0.4 is 79.9 Å². The molecular weight excluding hydrogens is 438 g/mol. The largest absolute Gasteiger partial charge is 1.00 e. The Labute approximate surface area is 232 Å². The summed E-state index contributed by atoms with van der Waals surface area (Å²) in [7, 11) is -7.38. The van der Waals surface area contributed by atoms with Gasteiger partial charge in [0.25, 0.3) is 8.32 Å². The monoisotopic (exact) mass is 462 g/mol. The maximum atomic E-state index is 11.2. The Bertz CT molecular complexity index is 965. The van der Waals surface area contributed by atoms with Crippen LogP contribution in [0.5, 0.6) is 0 Å². The predicted molar refractivity (Wildman–Crippen MR) is 124 cm³/mol. The first-order chi connectivity index (χ1) is 14.1. The summed E-state index contributed by atoms with van der Waals surface area (Å²) >= 11 is 0. The van der Waals surface area contributed by atoms with Gasteiger partial charge in [-0.2, -0.15) is 0 Å². The molecule has 0 aromatic heterocycles. The second-order valence-corrected chi connectivity index (χ2v) is 12.6. The Morgan fingerprint density at radius 1 is 0.452 bits per heavy atom. The van der Waals surface area contributed by atoms with Crippen molar-refractivity contribution in [2.24, 2.45) is 0 Å². The van der Waals surface area contributed by atoms with E-state index >= 15 is 0 Å². The third-order valence-corrected chi connectivity index (χ3v) is 11.9. The third-order valence-electron chi connectivity index (χ3n) is 4.99. The van der Waals surface area contributed by atoms with Crippen molar-refractivity contribution in [2.75, 3.05) is 0 Å². The summed E-state index contributed by atoms with van der Waals surface area (Å²) in [6, 6.07) is 38.6. The number of rotatable bonds is 6. The van der Waals surface area contributed by atoms with Crippen LogP contribution in [-0.2, 0) is 4.12 Å². The minimum atomic E-state index is -4.20. The average molecular weight is 463 g/mol. The molecule has 0 heterocycles. The van der Waals surface area contributed by atoms with Gasteiger partial charge in [-0.05, 0) is 15.6 Å². The second kappa shape index (κ2) is 11.9. The molecule has 0 radical (unpaired) electrons. The van der Waals surface area contributed by atoms with E-state index in [1.165, 1.54) is 0 Å². The standard InChI is InChI=1S/C24H22O3Si2.2Na.2H/c25-29(26,24-19-11-4-12-20-24)27-28(21-13-5-1-6-14-21,22-15-7-2-8-16-22)23-17-9-3-10-18-23;;;;/h1-20,25-26H;;;;/q;2*+1;2*-1. The molecule has 4 aromatic rings. The predicted octanol–water partition coefficient (Wildman–Crippen LogP) is -4.27. The Morgan fingerprint density at radius 3 is 1.00 bits per heavy atom. The molecule has 0 fully saturated rings. The van der Waals surface area contributed by atoms with Gasteiger partial charge in [-0.3, -0.25) is 0 Å². The van der Waals surface area contributed by atoms with E-state index in [1.54, 1.807) is 24.3 Å². The van der Waals surface area contributed by atoms with Crippen molar-refractivity contribution in [3.05, 3.63) is 121 Å². The van der Waals surface area contributed by atoms with Gasteiger partial charge in [0.1, 0.15) is 0 Å². The molecule has 7 heteroatoms. The van der Waals surface area contributed by atoms with E-state index in [0.29, 0.717) is 5.19 Å². The number of hydrogen-bond acceptors (Lipinski definition) is 3. The summed E-state index contributed by atoms with van der Waals surface area (Å²) in [6.45, 7) is 0. The zero-order chi connectivity index (χ0) is 20.2. The van der Waals surface area contributed by atoms with Crippen molar-refractivity contribution >= 4 is 37.9 Å². The first-order valence-electron chi connectivity index (χ1n) is 9.50. The van der Waals surface area contributed by atoms with E-state index in [-0.39, 0.29) is 62.0 Å². The first-order valence-corrected chi connectivity index (χ1v) is 13.2. The molecule has 3 nitrogen and oxygen atoms in total. The third kappa shape index (κ3) is 5.77. The molecule has 2 N–H and O–H groups in total. The fourth-order valence-corrected chi connectivity index (χ4v) is 10.8. The van der Waals surface area contributed by atoms with Gasteiger partial charge >= 0.3 is 67.9 Å². The van der Waals surface area contributed by atoms with Gasteiger partial charge in [0.05, 0.1) is 0 Å². The zero-order valence-corrected chi connectivity index (χ0v) is 23.8. The SMILES string of the molecule is O[Si](O)(O[Si](c1ccccc1)(c1ccccc1)c1ccccc1)c1ccccc1.[H-].[H-].[Na+].[Na+]. The van der Waals surface area contributed by atoms with E-state index in [4.69, 9.17) is 4.12 Å². The number of benzene rings is 4. The minimum absolute atomic E-state index is 0. The van der Waals surface area contributed by atoms with Gasteiger partial charge < -0.3 is 16.6 Å². The smallest absolute Gasteiger partial charge is 1.00 e. The van der Waals surface area contributed by atoms with E-state index in [0.717, 1.165) is 15.6 Å². The van der Waals surface area contributed by atoms with Gasteiger partial charge in [-0.15, -0.1) is 0 Å². The van der Waals surface area contributed by atoms with Crippen LogP contribution in [0.1, 0.15) is 2.85 Å². The van der Waals surface area contributed by atoms with Crippen LogP contribution >= 0.6 is 0 Å². The Balaban J connectivity index is 0.00000256. The summed E-state index contributed by atoms with van der Waals surface area (Å²) in [5, 5.41) is 3.33.